The molecule has 12 heteroatoms. The van der Waals surface area contributed by atoms with Crippen LogP contribution in [0.15, 0.2) is 0 Å². The fraction of sp³-hybridized carbons (Fsp3) is 0.913. The Labute approximate surface area is 377 Å². The van der Waals surface area contributed by atoms with Crippen LogP contribution in [0.3, 0.4) is 0 Å². The van der Waals surface area contributed by atoms with E-state index in [4.69, 9.17) is 18.9 Å². The lowest BCUT2D eigenvalue weighted by atomic mass is 10.1. The van der Waals surface area contributed by atoms with Crippen molar-refractivity contribution < 1.29 is 64.1 Å². The number of hydrogen-bond donors (Lipinski definition) is 0. The molecule has 0 radical (unpaired) electrons. The van der Waals surface area contributed by atoms with E-state index in [0.29, 0.717) is 39.3 Å². The van der Waals surface area contributed by atoms with Crippen LogP contribution in [0, 0.1) is 0 Å². The van der Waals surface area contributed by atoms with E-state index in [1.54, 1.807) is 0 Å². The van der Waals surface area contributed by atoms with E-state index in [2.05, 4.69) is 28.2 Å². The van der Waals surface area contributed by atoms with Crippen LogP contribution in [-0.4, -0.2) is 114 Å². The highest BCUT2D eigenvalue weighted by molar-refractivity contribution is 8.93. The summed E-state index contributed by atoms with van der Waals surface area (Å²) >= 11 is 0. The molecular formula is C46H91Br2N2O8+. The third-order valence-corrected chi connectivity index (χ3v) is 10.9. The normalized spacial score (nSPS) is 11.3. The number of hydrogen-bond acceptors (Lipinski definition) is 8. The molecule has 0 aliphatic carbocycles. The minimum Gasteiger partial charge on any atom is -1.00 e. The average molecular weight is 960 g/mol. The summed E-state index contributed by atoms with van der Waals surface area (Å²) < 4.78 is 22.8. The van der Waals surface area contributed by atoms with Gasteiger partial charge in [0.15, 0.2) is 0 Å². The lowest BCUT2D eigenvalue weighted by molar-refractivity contribution is -0.890. The van der Waals surface area contributed by atoms with Gasteiger partial charge in [-0.15, -0.1) is 17.0 Å². The fourth-order valence-electron chi connectivity index (χ4n) is 6.97. The lowest BCUT2D eigenvalue weighted by Crippen LogP contribution is -3.00. The van der Waals surface area contributed by atoms with E-state index in [0.717, 1.165) is 99.4 Å². The van der Waals surface area contributed by atoms with Crippen LogP contribution in [-0.2, 0) is 38.1 Å². The Balaban J connectivity index is -0.0000151. The van der Waals surface area contributed by atoms with Crippen LogP contribution < -0.4 is 17.0 Å². The second-order valence-electron chi connectivity index (χ2n) is 17.6. The Morgan fingerprint density at radius 3 is 0.845 bits per heavy atom. The molecule has 0 amide bonds. The number of esters is 4. The maximum atomic E-state index is 12.0. The molecule has 0 saturated heterocycles. The van der Waals surface area contributed by atoms with Gasteiger partial charge in [-0.3, -0.25) is 19.2 Å². The summed E-state index contributed by atoms with van der Waals surface area (Å²) in [5.74, 6) is -0.492. The summed E-state index contributed by atoms with van der Waals surface area (Å²) in [5.41, 5.74) is 0. The zero-order valence-electron chi connectivity index (χ0n) is 38.4. The van der Waals surface area contributed by atoms with Crippen molar-refractivity contribution >= 4 is 40.9 Å². The molecule has 0 bridgehead atoms. The third kappa shape index (κ3) is 47.4. The Kier molecular flexibility index (Phi) is 44.7. The van der Waals surface area contributed by atoms with Crippen LogP contribution in [0.25, 0.3) is 0 Å². The smallest absolute Gasteiger partial charge is 0.305 e. The average Bonchev–Trinajstić information content (AvgIpc) is 3.12. The van der Waals surface area contributed by atoms with E-state index >= 15 is 0 Å². The van der Waals surface area contributed by atoms with Crippen molar-refractivity contribution in [3.63, 3.8) is 0 Å². The molecule has 0 aromatic rings. The van der Waals surface area contributed by atoms with Crippen molar-refractivity contribution in [2.75, 3.05) is 80.8 Å². The molecule has 0 spiro atoms. The predicted molar refractivity (Wildman–Crippen MR) is 238 cm³/mol. The van der Waals surface area contributed by atoms with Gasteiger partial charge in [0.2, 0.25) is 0 Å². The predicted octanol–water partition coefficient (Wildman–Crippen LogP) is 7.86. The molecule has 0 rings (SSSR count). The van der Waals surface area contributed by atoms with Gasteiger partial charge in [0.05, 0.1) is 54.5 Å². The second kappa shape index (κ2) is 42.5. The first kappa shape index (κ1) is 61.1. The molecule has 0 aromatic carbocycles. The van der Waals surface area contributed by atoms with Gasteiger partial charge in [-0.1, -0.05) is 116 Å². The molecule has 0 aliphatic heterocycles. The number of nitrogens with zero attached hydrogens (tertiary/aromatic N) is 2. The largest absolute Gasteiger partial charge is 1.00 e. The van der Waals surface area contributed by atoms with E-state index in [-0.39, 0.29) is 57.8 Å². The topological polar surface area (TPSA) is 105 Å². The van der Waals surface area contributed by atoms with Crippen LogP contribution in [0.2, 0.25) is 0 Å². The van der Waals surface area contributed by atoms with Crippen molar-refractivity contribution in [3.8, 4) is 0 Å². The highest BCUT2D eigenvalue weighted by Crippen LogP contribution is 2.15. The number of carbonyl (C=O) groups is 4. The number of halogens is 2. The van der Waals surface area contributed by atoms with E-state index in [9.17, 15) is 19.2 Å². The van der Waals surface area contributed by atoms with Crippen molar-refractivity contribution in [1.29, 1.82) is 0 Å². The van der Waals surface area contributed by atoms with Gasteiger partial charge >= 0.3 is 23.9 Å². The van der Waals surface area contributed by atoms with Crippen molar-refractivity contribution in [1.82, 2.24) is 0 Å². The molecule has 58 heavy (non-hydrogen) atoms. The highest BCUT2D eigenvalue weighted by atomic mass is 79.9. The number of likely N-dealkylation sites (N-methyl/N-ethyl adjacent to an activating group) is 2. The quantitative estimate of drug-likeness (QED) is 0.0264. The minimum absolute atomic E-state index is 0. The van der Waals surface area contributed by atoms with Crippen molar-refractivity contribution in [2.24, 2.45) is 0 Å². The van der Waals surface area contributed by atoms with Crippen LogP contribution >= 0.6 is 17.0 Å². The van der Waals surface area contributed by atoms with Crippen molar-refractivity contribution in [2.45, 2.75) is 194 Å². The molecule has 346 valence electrons. The Hall–Kier alpha value is -1.24. The first-order chi connectivity index (χ1) is 26.8. The Bertz CT molecular complexity index is 907. The zero-order valence-corrected chi connectivity index (χ0v) is 41.7. The summed E-state index contributed by atoms with van der Waals surface area (Å²) in [6.07, 6.45) is 31.6. The summed E-state index contributed by atoms with van der Waals surface area (Å²) in [7, 11) is 8.80. The van der Waals surface area contributed by atoms with E-state index in [1.165, 1.54) is 117 Å². The number of unbranched alkanes of at least 4 members (excludes halogenated alkanes) is 23. The Morgan fingerprint density at radius 2 is 0.569 bits per heavy atom. The van der Waals surface area contributed by atoms with Gasteiger partial charge in [-0.05, 0) is 51.4 Å². The van der Waals surface area contributed by atoms with Gasteiger partial charge in [0, 0.05) is 26.7 Å². The maximum Gasteiger partial charge on any atom is 0.305 e. The molecule has 0 unspecified atom stereocenters. The molecule has 0 heterocycles. The van der Waals surface area contributed by atoms with Crippen LogP contribution in [0.4, 0.5) is 0 Å². The van der Waals surface area contributed by atoms with Crippen molar-refractivity contribution in [3.05, 3.63) is 0 Å². The van der Waals surface area contributed by atoms with Gasteiger partial charge in [-0.25, -0.2) is 0 Å². The standard InChI is InChI=1S/C46H90N2O8.2BrH/c1-43(49)53-41-37-47(3,4)35-29-23-17-11-7-13-19-25-31-39-55-45(51)33-27-21-15-9-10-16-22-28-34-46(52)56-40-32-26-20-14-8-12-18-24-30-36-48(5,6)38-42-54-44(2)50;;/h7-42H2,1-6H3;2*1H/q+2;;/p-1. The molecular weight excluding hydrogens is 868 g/mol. The zero-order chi connectivity index (χ0) is 41.6. The lowest BCUT2D eigenvalue weighted by Gasteiger charge is -2.29. The van der Waals surface area contributed by atoms with E-state index < -0.39 is 0 Å². The third-order valence-electron chi connectivity index (χ3n) is 10.9. The summed E-state index contributed by atoms with van der Waals surface area (Å²) in [4.78, 5) is 45.9. The van der Waals surface area contributed by atoms with Crippen LogP contribution in [0.5, 0.6) is 0 Å². The highest BCUT2D eigenvalue weighted by Gasteiger charge is 2.16. The number of carbonyl (C=O) groups excluding carboxylic acids is 4. The maximum absolute atomic E-state index is 12.0. The van der Waals surface area contributed by atoms with E-state index in [1.807, 2.05) is 0 Å². The number of quaternary nitrogens is 2. The summed E-state index contributed by atoms with van der Waals surface area (Å²) in [5, 5.41) is 0. The fourth-order valence-corrected chi connectivity index (χ4v) is 6.97. The first-order valence-electron chi connectivity index (χ1n) is 23.0. The number of rotatable bonds is 41. The summed E-state index contributed by atoms with van der Waals surface area (Å²) in [6, 6.07) is 0. The second-order valence-corrected chi connectivity index (χ2v) is 17.6. The van der Waals surface area contributed by atoms with Gasteiger partial charge in [0.25, 0.3) is 0 Å². The molecule has 0 atom stereocenters. The minimum atomic E-state index is -0.199. The molecule has 0 N–H and O–H groups in total. The summed E-state index contributed by atoms with van der Waals surface area (Å²) in [6.45, 7) is 9.02. The number of ether oxygens (including phenoxy) is 4. The van der Waals surface area contributed by atoms with Gasteiger partial charge < -0.3 is 44.9 Å². The molecule has 0 saturated carbocycles. The molecule has 10 nitrogen and oxygen atoms in total. The molecule has 0 aliphatic rings. The van der Waals surface area contributed by atoms with Gasteiger partial charge in [-0.2, -0.15) is 0 Å². The Morgan fingerprint density at radius 1 is 0.328 bits per heavy atom. The van der Waals surface area contributed by atoms with Gasteiger partial charge in [0.1, 0.15) is 26.3 Å². The van der Waals surface area contributed by atoms with Crippen LogP contribution in [0.1, 0.15) is 194 Å². The molecule has 0 aromatic heterocycles. The monoisotopic (exact) mass is 958 g/mol. The SMILES string of the molecule is Br.CC(=O)OCC[N+](C)(C)CCCCCCCCCCCOC(=O)CCCCCCCCCCC(=O)OCCCCCCCCCCC[N+](C)(C)CCOC(C)=O.[Br-]. The first-order valence-corrected chi connectivity index (χ1v) is 23.0. The molecule has 0 fully saturated rings.